The van der Waals surface area contributed by atoms with Crippen molar-refractivity contribution in [3.8, 4) is 17.2 Å². The smallest absolute Gasteiger partial charge is 0.271 e. The van der Waals surface area contributed by atoms with Crippen molar-refractivity contribution in [3.05, 3.63) is 83.9 Å². The van der Waals surface area contributed by atoms with Gasteiger partial charge >= 0.3 is 0 Å². The molecule has 3 aromatic rings. The molecule has 8 nitrogen and oxygen atoms in total. The van der Waals surface area contributed by atoms with E-state index in [4.69, 9.17) is 14.2 Å². The van der Waals surface area contributed by atoms with Gasteiger partial charge in [-0.2, -0.15) is 5.10 Å². The van der Waals surface area contributed by atoms with Gasteiger partial charge in [-0.3, -0.25) is 9.59 Å². The number of hydrogen-bond acceptors (Lipinski definition) is 6. The molecule has 0 radical (unpaired) electrons. The molecule has 0 atom stereocenters. The summed E-state index contributed by atoms with van der Waals surface area (Å²) in [6.45, 7) is -0.107. The Morgan fingerprint density at radius 2 is 1.62 bits per heavy atom. The van der Waals surface area contributed by atoms with Crippen LogP contribution >= 0.6 is 0 Å². The fraction of sp³-hybridized carbons (Fsp3) is 0.125. The van der Waals surface area contributed by atoms with Gasteiger partial charge in [-0.25, -0.2) is 5.43 Å². The van der Waals surface area contributed by atoms with Gasteiger partial charge in [-0.1, -0.05) is 18.2 Å². The zero-order chi connectivity index (χ0) is 22.8. The van der Waals surface area contributed by atoms with E-state index in [1.165, 1.54) is 20.4 Å². The molecule has 0 fully saturated rings. The molecule has 0 saturated heterocycles. The maximum atomic E-state index is 12.3. The van der Waals surface area contributed by atoms with Crippen molar-refractivity contribution in [2.24, 2.45) is 5.10 Å². The molecule has 2 N–H and O–H groups in total. The van der Waals surface area contributed by atoms with E-state index in [-0.39, 0.29) is 18.4 Å². The highest BCUT2D eigenvalue weighted by atomic mass is 16.5. The number of hydrogen-bond donors (Lipinski definition) is 2. The molecule has 0 aliphatic rings. The molecule has 0 saturated carbocycles. The van der Waals surface area contributed by atoms with Gasteiger partial charge in [0.25, 0.3) is 11.8 Å². The minimum absolute atomic E-state index is 0.107. The predicted octanol–water partition coefficient (Wildman–Crippen LogP) is 3.49. The molecule has 0 spiro atoms. The normalized spacial score (nSPS) is 10.4. The van der Waals surface area contributed by atoms with Gasteiger partial charge in [-0.15, -0.1) is 0 Å². The van der Waals surface area contributed by atoms with E-state index in [2.05, 4.69) is 15.8 Å². The van der Waals surface area contributed by atoms with E-state index in [0.29, 0.717) is 28.5 Å². The average molecular weight is 433 g/mol. The molecule has 3 aromatic carbocycles. The number of nitrogens with one attached hydrogen (secondary N) is 2. The molecule has 0 heterocycles. The van der Waals surface area contributed by atoms with Crippen molar-refractivity contribution < 1.29 is 23.8 Å². The molecule has 0 aromatic heterocycles. The molecule has 8 heteroatoms. The molecule has 32 heavy (non-hydrogen) atoms. The Kier molecular flexibility index (Phi) is 7.80. The molecule has 0 aliphatic carbocycles. The number of nitrogens with zero attached hydrogens (tertiary/aromatic N) is 1. The Hall–Kier alpha value is -4.33. The Balaban J connectivity index is 1.48. The number of rotatable bonds is 9. The second-order valence-electron chi connectivity index (χ2n) is 6.54. The molecular weight excluding hydrogens is 410 g/mol. The van der Waals surface area contributed by atoms with Crippen LogP contribution in [0, 0.1) is 0 Å². The van der Waals surface area contributed by atoms with Gasteiger partial charge in [0.2, 0.25) is 0 Å². The van der Waals surface area contributed by atoms with Gasteiger partial charge in [0, 0.05) is 11.3 Å². The fourth-order valence-electron chi connectivity index (χ4n) is 2.73. The lowest BCUT2D eigenvalue weighted by Crippen LogP contribution is -2.20. The number of ether oxygens (including phenoxy) is 3. The summed E-state index contributed by atoms with van der Waals surface area (Å²) in [5.41, 5.74) is 4.31. The number of benzene rings is 3. The first-order chi connectivity index (χ1) is 15.6. The number of anilines is 1. The van der Waals surface area contributed by atoms with Gasteiger partial charge in [0.05, 0.1) is 20.4 Å². The summed E-state index contributed by atoms with van der Waals surface area (Å²) >= 11 is 0. The highest BCUT2D eigenvalue weighted by Gasteiger charge is 2.10. The standard InChI is InChI=1S/C24H23N3O5/c1-30-21-13-10-18(14-22(21)31-2)24(29)27-25-15-17-8-11-20(12-9-17)32-16-23(28)26-19-6-4-3-5-7-19/h3-15H,16H2,1-2H3,(H,26,28)(H,27,29)/b25-15-. The monoisotopic (exact) mass is 433 g/mol. The summed E-state index contributed by atoms with van der Waals surface area (Å²) in [6.07, 6.45) is 1.50. The molecular formula is C24H23N3O5. The van der Waals surface area contributed by atoms with Crippen molar-refractivity contribution >= 4 is 23.7 Å². The molecule has 164 valence electrons. The van der Waals surface area contributed by atoms with Crippen LogP contribution in [-0.4, -0.2) is 38.9 Å². The predicted molar refractivity (Wildman–Crippen MR) is 122 cm³/mol. The van der Waals surface area contributed by atoms with Gasteiger partial charge < -0.3 is 19.5 Å². The number of hydrazone groups is 1. The molecule has 0 aliphatic heterocycles. The minimum Gasteiger partial charge on any atom is -0.493 e. The number of para-hydroxylation sites is 1. The van der Waals surface area contributed by atoms with Crippen LogP contribution in [0.4, 0.5) is 5.69 Å². The first-order valence-corrected chi connectivity index (χ1v) is 9.72. The van der Waals surface area contributed by atoms with Crippen LogP contribution in [0.5, 0.6) is 17.2 Å². The number of amides is 2. The van der Waals surface area contributed by atoms with Crippen molar-refractivity contribution in [1.29, 1.82) is 0 Å². The molecule has 2 amide bonds. The van der Waals surface area contributed by atoms with Crippen LogP contribution < -0.4 is 25.0 Å². The molecule has 0 bridgehead atoms. The maximum Gasteiger partial charge on any atom is 0.271 e. The Morgan fingerprint density at radius 1 is 0.906 bits per heavy atom. The largest absolute Gasteiger partial charge is 0.493 e. The third-order valence-electron chi connectivity index (χ3n) is 4.33. The summed E-state index contributed by atoms with van der Waals surface area (Å²) in [6, 6.07) is 20.9. The average Bonchev–Trinajstić information content (AvgIpc) is 2.83. The Morgan fingerprint density at radius 3 is 2.31 bits per heavy atom. The maximum absolute atomic E-state index is 12.3. The topological polar surface area (TPSA) is 98.3 Å². The third-order valence-corrected chi connectivity index (χ3v) is 4.33. The van der Waals surface area contributed by atoms with Gasteiger partial charge in [-0.05, 0) is 60.2 Å². The fourth-order valence-corrected chi connectivity index (χ4v) is 2.73. The van der Waals surface area contributed by atoms with Crippen LogP contribution in [0.3, 0.4) is 0 Å². The van der Waals surface area contributed by atoms with Crippen LogP contribution in [0.1, 0.15) is 15.9 Å². The minimum atomic E-state index is -0.383. The summed E-state index contributed by atoms with van der Waals surface area (Å²) < 4.78 is 15.8. The summed E-state index contributed by atoms with van der Waals surface area (Å²) in [4.78, 5) is 24.2. The Labute approximate surface area is 185 Å². The number of carbonyl (C=O) groups is 2. The van der Waals surface area contributed by atoms with E-state index in [9.17, 15) is 9.59 Å². The van der Waals surface area contributed by atoms with Crippen LogP contribution in [-0.2, 0) is 4.79 Å². The van der Waals surface area contributed by atoms with Crippen molar-refractivity contribution in [3.63, 3.8) is 0 Å². The van der Waals surface area contributed by atoms with Gasteiger partial charge in [0.15, 0.2) is 18.1 Å². The zero-order valence-electron chi connectivity index (χ0n) is 17.7. The molecule has 3 rings (SSSR count). The number of methoxy groups -OCH3 is 2. The van der Waals surface area contributed by atoms with Crippen LogP contribution in [0.25, 0.3) is 0 Å². The van der Waals surface area contributed by atoms with E-state index < -0.39 is 0 Å². The number of carbonyl (C=O) groups excluding carboxylic acids is 2. The van der Waals surface area contributed by atoms with Crippen molar-refractivity contribution in [1.82, 2.24) is 5.43 Å². The quantitative estimate of drug-likeness (QED) is 0.398. The molecule has 0 unspecified atom stereocenters. The lowest BCUT2D eigenvalue weighted by atomic mass is 10.2. The highest BCUT2D eigenvalue weighted by Crippen LogP contribution is 2.27. The van der Waals surface area contributed by atoms with E-state index in [1.807, 2.05) is 18.2 Å². The lowest BCUT2D eigenvalue weighted by Gasteiger charge is -2.08. The van der Waals surface area contributed by atoms with Crippen LogP contribution in [0.2, 0.25) is 0 Å². The van der Waals surface area contributed by atoms with E-state index >= 15 is 0 Å². The summed E-state index contributed by atoms with van der Waals surface area (Å²) in [5.74, 6) is 0.899. The van der Waals surface area contributed by atoms with Crippen LogP contribution in [0.15, 0.2) is 77.9 Å². The van der Waals surface area contributed by atoms with E-state index in [0.717, 1.165) is 5.56 Å². The summed E-state index contributed by atoms with van der Waals surface area (Å²) in [5, 5.41) is 6.71. The first kappa shape index (κ1) is 22.4. The van der Waals surface area contributed by atoms with E-state index in [1.54, 1.807) is 54.6 Å². The first-order valence-electron chi connectivity index (χ1n) is 9.72. The third kappa shape index (κ3) is 6.33. The van der Waals surface area contributed by atoms with Crippen molar-refractivity contribution in [2.45, 2.75) is 0 Å². The van der Waals surface area contributed by atoms with Crippen molar-refractivity contribution in [2.75, 3.05) is 26.1 Å². The van der Waals surface area contributed by atoms with Gasteiger partial charge in [0.1, 0.15) is 5.75 Å². The lowest BCUT2D eigenvalue weighted by molar-refractivity contribution is -0.118. The second kappa shape index (κ2) is 11.2. The SMILES string of the molecule is COc1ccc(C(=O)N/N=C\c2ccc(OCC(=O)Nc3ccccc3)cc2)cc1OC. The summed E-state index contributed by atoms with van der Waals surface area (Å²) in [7, 11) is 3.03. The zero-order valence-corrected chi connectivity index (χ0v) is 17.7. The second-order valence-corrected chi connectivity index (χ2v) is 6.54. The Bertz CT molecular complexity index is 1080. The highest BCUT2D eigenvalue weighted by molar-refractivity contribution is 5.95.